The monoisotopic (exact) mass is 257 g/mol. The van der Waals surface area contributed by atoms with Crippen LogP contribution in [0.5, 0.6) is 0 Å². The van der Waals surface area contributed by atoms with Gasteiger partial charge in [-0.05, 0) is 12.5 Å². The number of nitrogens with zero attached hydrogens (tertiary/aromatic N) is 5. The molecule has 0 bridgehead atoms. The van der Waals surface area contributed by atoms with E-state index in [-0.39, 0.29) is 0 Å². The van der Waals surface area contributed by atoms with Crippen molar-refractivity contribution >= 4 is 17.3 Å². The Bertz CT molecular complexity index is 697. The van der Waals surface area contributed by atoms with Crippen molar-refractivity contribution in [3.63, 3.8) is 0 Å². The molecular weight excluding hydrogens is 242 g/mol. The first-order valence-corrected chi connectivity index (χ1v) is 6.04. The van der Waals surface area contributed by atoms with E-state index in [0.717, 1.165) is 17.8 Å². The summed E-state index contributed by atoms with van der Waals surface area (Å²) in [7, 11) is 0. The van der Waals surface area contributed by atoms with Crippen LogP contribution < -0.4 is 11.1 Å². The molecule has 0 spiro atoms. The molecule has 3 aromatic rings. The van der Waals surface area contributed by atoms with E-state index in [2.05, 4.69) is 20.4 Å². The highest BCUT2D eigenvalue weighted by Crippen LogP contribution is 2.14. The molecular formula is C12H15N7. The van der Waals surface area contributed by atoms with Gasteiger partial charge in [-0.15, -0.1) is 0 Å². The number of hydrogen-bond acceptors (Lipinski definition) is 5. The minimum Gasteiger partial charge on any atom is -0.382 e. The van der Waals surface area contributed by atoms with Gasteiger partial charge in [0.2, 0.25) is 0 Å². The van der Waals surface area contributed by atoms with E-state index in [1.165, 1.54) is 0 Å². The van der Waals surface area contributed by atoms with Crippen LogP contribution in [-0.4, -0.2) is 30.7 Å². The zero-order valence-electron chi connectivity index (χ0n) is 10.6. The number of fused-ring (bicyclic) bond motifs is 1. The number of anilines is 2. The highest BCUT2D eigenvalue weighted by atomic mass is 15.3. The lowest BCUT2D eigenvalue weighted by molar-refractivity contribution is 0.637. The number of aromatic nitrogens is 5. The van der Waals surface area contributed by atoms with Crippen LogP contribution in [0.2, 0.25) is 0 Å². The van der Waals surface area contributed by atoms with Gasteiger partial charge in [-0.3, -0.25) is 4.68 Å². The van der Waals surface area contributed by atoms with Gasteiger partial charge >= 0.3 is 0 Å². The number of rotatable bonds is 4. The van der Waals surface area contributed by atoms with Crippen LogP contribution in [0.4, 0.5) is 11.6 Å². The SMILES string of the molecule is Cc1cnn(CCNc2nc(N)cn3ccnc23)c1. The Morgan fingerprint density at radius 3 is 3.05 bits per heavy atom. The van der Waals surface area contributed by atoms with Crippen molar-refractivity contribution < 1.29 is 0 Å². The van der Waals surface area contributed by atoms with Gasteiger partial charge in [0.25, 0.3) is 0 Å². The molecule has 0 aromatic carbocycles. The van der Waals surface area contributed by atoms with E-state index in [1.807, 2.05) is 34.6 Å². The first kappa shape index (κ1) is 11.5. The molecule has 0 unspecified atom stereocenters. The molecule has 0 atom stereocenters. The van der Waals surface area contributed by atoms with Crippen LogP contribution in [0.1, 0.15) is 5.56 Å². The molecule has 19 heavy (non-hydrogen) atoms. The Hall–Kier alpha value is -2.57. The third-order valence-corrected chi connectivity index (χ3v) is 2.79. The van der Waals surface area contributed by atoms with E-state index in [0.29, 0.717) is 18.2 Å². The lowest BCUT2D eigenvalue weighted by Crippen LogP contribution is -2.13. The fourth-order valence-electron chi connectivity index (χ4n) is 1.95. The third-order valence-electron chi connectivity index (χ3n) is 2.79. The molecule has 0 fully saturated rings. The molecule has 98 valence electrons. The predicted octanol–water partition coefficient (Wildman–Crippen LogP) is 0.929. The molecule has 7 heteroatoms. The molecule has 0 aliphatic rings. The fourth-order valence-corrected chi connectivity index (χ4v) is 1.95. The Morgan fingerprint density at radius 1 is 1.37 bits per heavy atom. The molecule has 0 radical (unpaired) electrons. The number of nitrogen functional groups attached to an aromatic ring is 1. The summed E-state index contributed by atoms with van der Waals surface area (Å²) in [6, 6.07) is 0. The van der Waals surface area contributed by atoms with Gasteiger partial charge in [0, 0.05) is 25.1 Å². The van der Waals surface area contributed by atoms with Crippen molar-refractivity contribution in [1.29, 1.82) is 0 Å². The maximum Gasteiger partial charge on any atom is 0.180 e. The topological polar surface area (TPSA) is 86.1 Å². The Balaban J connectivity index is 1.73. The summed E-state index contributed by atoms with van der Waals surface area (Å²) < 4.78 is 3.74. The third kappa shape index (κ3) is 2.35. The second-order valence-electron chi connectivity index (χ2n) is 4.38. The van der Waals surface area contributed by atoms with E-state index < -0.39 is 0 Å². The molecule has 0 aliphatic carbocycles. The molecule has 7 nitrogen and oxygen atoms in total. The summed E-state index contributed by atoms with van der Waals surface area (Å²) in [6.45, 7) is 3.49. The van der Waals surface area contributed by atoms with Gasteiger partial charge < -0.3 is 15.5 Å². The molecule has 0 saturated heterocycles. The quantitative estimate of drug-likeness (QED) is 0.726. The standard InChI is InChI=1S/C12H15N7/c1-9-6-16-19(7-9)5-3-14-11-12-15-2-4-18(12)8-10(13)17-11/h2,4,6-8H,3,5,13H2,1H3,(H,14,17). The minimum absolute atomic E-state index is 0.461. The van der Waals surface area contributed by atoms with Gasteiger partial charge in [-0.2, -0.15) is 5.10 Å². The maximum atomic E-state index is 5.75. The normalized spacial score (nSPS) is 11.0. The van der Waals surface area contributed by atoms with E-state index in [1.54, 1.807) is 12.4 Å². The fraction of sp³-hybridized carbons (Fsp3) is 0.250. The van der Waals surface area contributed by atoms with Gasteiger partial charge in [0.1, 0.15) is 5.82 Å². The average molecular weight is 257 g/mol. The predicted molar refractivity (Wildman–Crippen MR) is 72.9 cm³/mol. The Labute approximate surface area is 110 Å². The lowest BCUT2D eigenvalue weighted by atomic mass is 10.4. The average Bonchev–Trinajstić information content (AvgIpc) is 2.98. The van der Waals surface area contributed by atoms with Crippen LogP contribution in [0.3, 0.4) is 0 Å². The largest absolute Gasteiger partial charge is 0.382 e. The van der Waals surface area contributed by atoms with Crippen molar-refractivity contribution in [3.05, 3.63) is 36.5 Å². The van der Waals surface area contributed by atoms with Gasteiger partial charge in [-0.1, -0.05) is 0 Å². The molecule has 3 N–H and O–H groups in total. The van der Waals surface area contributed by atoms with Gasteiger partial charge in [0.05, 0.1) is 18.9 Å². The lowest BCUT2D eigenvalue weighted by Gasteiger charge is -2.08. The highest BCUT2D eigenvalue weighted by Gasteiger charge is 2.05. The summed E-state index contributed by atoms with van der Waals surface area (Å²) in [5, 5.41) is 7.46. The first-order chi connectivity index (χ1) is 9.22. The molecule has 0 aliphatic heterocycles. The van der Waals surface area contributed by atoms with E-state index in [9.17, 15) is 0 Å². The highest BCUT2D eigenvalue weighted by molar-refractivity contribution is 5.64. The van der Waals surface area contributed by atoms with Crippen LogP contribution in [-0.2, 0) is 6.54 Å². The summed E-state index contributed by atoms with van der Waals surface area (Å²) in [4.78, 5) is 8.51. The summed E-state index contributed by atoms with van der Waals surface area (Å²) >= 11 is 0. The number of imidazole rings is 1. The van der Waals surface area contributed by atoms with Crippen LogP contribution in [0.25, 0.3) is 5.65 Å². The number of nitrogens with two attached hydrogens (primary N) is 1. The van der Waals surface area contributed by atoms with E-state index in [4.69, 9.17) is 5.73 Å². The van der Waals surface area contributed by atoms with Crippen molar-refractivity contribution in [2.24, 2.45) is 0 Å². The van der Waals surface area contributed by atoms with Crippen LogP contribution in [0, 0.1) is 6.92 Å². The summed E-state index contributed by atoms with van der Waals surface area (Å²) in [5.41, 5.74) is 7.67. The number of hydrogen-bond donors (Lipinski definition) is 2. The smallest absolute Gasteiger partial charge is 0.180 e. The van der Waals surface area contributed by atoms with Crippen molar-refractivity contribution in [3.8, 4) is 0 Å². The number of nitrogens with one attached hydrogen (secondary N) is 1. The van der Waals surface area contributed by atoms with Crippen molar-refractivity contribution in [1.82, 2.24) is 24.1 Å². The van der Waals surface area contributed by atoms with E-state index >= 15 is 0 Å². The number of aryl methyl sites for hydroxylation is 1. The molecule has 0 amide bonds. The molecule has 3 aromatic heterocycles. The first-order valence-electron chi connectivity index (χ1n) is 6.04. The summed E-state index contributed by atoms with van der Waals surface area (Å²) in [5.74, 6) is 1.15. The maximum absolute atomic E-state index is 5.75. The second kappa shape index (κ2) is 4.60. The summed E-state index contributed by atoms with van der Waals surface area (Å²) in [6.07, 6.45) is 9.14. The van der Waals surface area contributed by atoms with Gasteiger partial charge in [0.15, 0.2) is 11.5 Å². The molecule has 0 saturated carbocycles. The van der Waals surface area contributed by atoms with Gasteiger partial charge in [-0.25, -0.2) is 9.97 Å². The van der Waals surface area contributed by atoms with Crippen LogP contribution in [0.15, 0.2) is 31.0 Å². The molecule has 3 heterocycles. The second-order valence-corrected chi connectivity index (χ2v) is 4.38. The van der Waals surface area contributed by atoms with Crippen LogP contribution >= 0.6 is 0 Å². The minimum atomic E-state index is 0.461. The zero-order chi connectivity index (χ0) is 13.2. The van der Waals surface area contributed by atoms with Crippen molar-refractivity contribution in [2.45, 2.75) is 13.5 Å². The molecule has 3 rings (SSSR count). The Kier molecular flexibility index (Phi) is 2.79. The zero-order valence-corrected chi connectivity index (χ0v) is 10.6. The van der Waals surface area contributed by atoms with Crippen molar-refractivity contribution in [2.75, 3.05) is 17.6 Å². The Morgan fingerprint density at radius 2 is 2.26 bits per heavy atom.